The smallest absolute Gasteiger partial charge is 0.257 e. The van der Waals surface area contributed by atoms with Gasteiger partial charge in [-0.25, -0.2) is 9.97 Å². The van der Waals surface area contributed by atoms with Crippen LogP contribution in [0.15, 0.2) is 30.5 Å². The summed E-state index contributed by atoms with van der Waals surface area (Å²) >= 11 is 5.77. The van der Waals surface area contributed by atoms with Crippen LogP contribution in [0.2, 0.25) is 5.02 Å². The van der Waals surface area contributed by atoms with E-state index in [0.717, 1.165) is 18.5 Å². The Morgan fingerprint density at radius 2 is 2.10 bits per heavy atom. The molecular weight excluding hydrogens is 288 g/mol. The Hall–Kier alpha value is -2.14. The maximum absolute atomic E-state index is 12.3. The Morgan fingerprint density at radius 3 is 2.71 bits per heavy atom. The molecule has 5 nitrogen and oxygen atoms in total. The lowest BCUT2D eigenvalue weighted by Gasteiger charge is -2.09. The summed E-state index contributed by atoms with van der Waals surface area (Å²) in [4.78, 5) is 20.8. The highest BCUT2D eigenvalue weighted by atomic mass is 35.5. The van der Waals surface area contributed by atoms with Gasteiger partial charge in [0.25, 0.3) is 5.91 Å². The molecule has 0 unspecified atom stereocenters. The van der Waals surface area contributed by atoms with Gasteiger partial charge in [-0.15, -0.1) is 0 Å². The van der Waals surface area contributed by atoms with Crippen molar-refractivity contribution in [2.75, 3.05) is 17.7 Å². The van der Waals surface area contributed by atoms with Crippen LogP contribution in [0.5, 0.6) is 0 Å². The van der Waals surface area contributed by atoms with E-state index in [1.807, 2.05) is 0 Å². The van der Waals surface area contributed by atoms with Crippen LogP contribution in [0.3, 0.4) is 0 Å². The monoisotopic (exact) mass is 304 g/mol. The standard InChI is InChI=1S/C15H17ClN4O/c1-3-4-12-7-10(8-14(17-2)19-12)15(21)20-13-6-5-11(16)9-18-13/h5-9H,3-4H2,1-2H3,(H,17,19)(H,18,20,21). The third kappa shape index (κ3) is 4.16. The number of hydrogen-bond donors (Lipinski definition) is 2. The summed E-state index contributed by atoms with van der Waals surface area (Å²) in [5.74, 6) is 0.917. The second kappa shape index (κ2) is 7.04. The lowest BCUT2D eigenvalue weighted by molar-refractivity contribution is 0.102. The van der Waals surface area contributed by atoms with Crippen LogP contribution in [0.1, 0.15) is 29.4 Å². The van der Waals surface area contributed by atoms with Crippen LogP contribution in [-0.2, 0) is 6.42 Å². The van der Waals surface area contributed by atoms with Gasteiger partial charge in [-0.05, 0) is 30.7 Å². The van der Waals surface area contributed by atoms with Gasteiger partial charge in [-0.3, -0.25) is 4.79 Å². The molecule has 0 aromatic carbocycles. The molecule has 0 saturated heterocycles. The number of pyridine rings is 2. The van der Waals surface area contributed by atoms with E-state index in [2.05, 4.69) is 27.5 Å². The molecule has 0 spiro atoms. The summed E-state index contributed by atoms with van der Waals surface area (Å²) < 4.78 is 0. The number of aromatic nitrogens is 2. The molecular formula is C15H17ClN4O. The molecule has 6 heteroatoms. The molecule has 1 amide bonds. The average Bonchev–Trinajstić information content (AvgIpc) is 2.49. The van der Waals surface area contributed by atoms with Gasteiger partial charge in [0.1, 0.15) is 11.6 Å². The summed E-state index contributed by atoms with van der Waals surface area (Å²) in [6.07, 6.45) is 3.29. The third-order valence-electron chi connectivity index (χ3n) is 2.87. The van der Waals surface area contributed by atoms with Gasteiger partial charge in [0, 0.05) is 24.5 Å². The number of hydrogen-bond acceptors (Lipinski definition) is 4. The molecule has 2 rings (SSSR count). The maximum atomic E-state index is 12.3. The summed E-state index contributed by atoms with van der Waals surface area (Å²) in [6.45, 7) is 2.07. The number of anilines is 2. The van der Waals surface area contributed by atoms with E-state index in [4.69, 9.17) is 11.6 Å². The zero-order chi connectivity index (χ0) is 15.2. The summed E-state index contributed by atoms with van der Waals surface area (Å²) in [5, 5.41) is 6.24. The number of carbonyl (C=O) groups excluding carboxylic acids is 1. The van der Waals surface area contributed by atoms with Gasteiger partial charge in [0.2, 0.25) is 0 Å². The first-order chi connectivity index (χ1) is 10.1. The van der Waals surface area contributed by atoms with Crippen molar-refractivity contribution in [2.45, 2.75) is 19.8 Å². The van der Waals surface area contributed by atoms with Crippen LogP contribution in [0, 0.1) is 0 Å². The lowest BCUT2D eigenvalue weighted by atomic mass is 10.1. The molecule has 2 N–H and O–H groups in total. The van der Waals surface area contributed by atoms with Gasteiger partial charge in [0.05, 0.1) is 5.02 Å². The highest BCUT2D eigenvalue weighted by molar-refractivity contribution is 6.30. The average molecular weight is 305 g/mol. The molecule has 0 radical (unpaired) electrons. The van der Waals surface area contributed by atoms with Gasteiger partial charge in [-0.2, -0.15) is 0 Å². The van der Waals surface area contributed by atoms with Crippen molar-refractivity contribution < 1.29 is 4.79 Å². The van der Waals surface area contributed by atoms with Crippen molar-refractivity contribution in [2.24, 2.45) is 0 Å². The van der Waals surface area contributed by atoms with E-state index in [0.29, 0.717) is 22.2 Å². The largest absolute Gasteiger partial charge is 0.373 e. The molecule has 21 heavy (non-hydrogen) atoms. The minimum atomic E-state index is -0.221. The Balaban J connectivity index is 2.21. The number of nitrogens with zero attached hydrogens (tertiary/aromatic N) is 2. The van der Waals surface area contributed by atoms with E-state index in [-0.39, 0.29) is 5.91 Å². The maximum Gasteiger partial charge on any atom is 0.257 e. The van der Waals surface area contributed by atoms with Crippen molar-refractivity contribution in [3.05, 3.63) is 46.7 Å². The fraction of sp³-hybridized carbons (Fsp3) is 0.267. The van der Waals surface area contributed by atoms with Gasteiger partial charge < -0.3 is 10.6 Å². The number of rotatable bonds is 5. The number of carbonyl (C=O) groups is 1. The Morgan fingerprint density at radius 1 is 1.29 bits per heavy atom. The Bertz CT molecular complexity index is 628. The van der Waals surface area contributed by atoms with E-state index in [1.54, 1.807) is 31.3 Å². The molecule has 0 aliphatic carbocycles. The molecule has 2 heterocycles. The third-order valence-corrected chi connectivity index (χ3v) is 3.10. The first kappa shape index (κ1) is 15.3. The first-order valence-corrected chi connectivity index (χ1v) is 7.11. The van der Waals surface area contributed by atoms with Crippen LogP contribution >= 0.6 is 11.6 Å². The van der Waals surface area contributed by atoms with Crippen LogP contribution in [0.4, 0.5) is 11.6 Å². The minimum absolute atomic E-state index is 0.221. The predicted octanol–water partition coefficient (Wildman–Crippen LogP) is 3.38. The predicted molar refractivity (Wildman–Crippen MR) is 85.0 cm³/mol. The molecule has 0 bridgehead atoms. The highest BCUT2D eigenvalue weighted by Gasteiger charge is 2.10. The molecule has 0 fully saturated rings. The first-order valence-electron chi connectivity index (χ1n) is 6.74. The molecule has 110 valence electrons. The zero-order valence-electron chi connectivity index (χ0n) is 12.0. The zero-order valence-corrected chi connectivity index (χ0v) is 12.7. The van der Waals surface area contributed by atoms with E-state index in [1.165, 1.54) is 6.20 Å². The van der Waals surface area contributed by atoms with Crippen LogP contribution in [0.25, 0.3) is 0 Å². The number of aryl methyl sites for hydroxylation is 1. The molecule has 2 aromatic heterocycles. The highest BCUT2D eigenvalue weighted by Crippen LogP contribution is 2.15. The van der Waals surface area contributed by atoms with Crippen molar-refractivity contribution in [1.29, 1.82) is 0 Å². The minimum Gasteiger partial charge on any atom is -0.373 e. The molecule has 0 aliphatic rings. The Kier molecular flexibility index (Phi) is 5.11. The van der Waals surface area contributed by atoms with Crippen LogP contribution < -0.4 is 10.6 Å². The van der Waals surface area contributed by atoms with Crippen LogP contribution in [-0.4, -0.2) is 22.9 Å². The summed E-state index contributed by atoms with van der Waals surface area (Å²) in [5.41, 5.74) is 1.44. The summed E-state index contributed by atoms with van der Waals surface area (Å²) in [7, 11) is 1.78. The fourth-order valence-electron chi connectivity index (χ4n) is 1.87. The SMILES string of the molecule is CCCc1cc(C(=O)Nc2ccc(Cl)cn2)cc(NC)n1. The summed E-state index contributed by atoms with van der Waals surface area (Å²) in [6, 6.07) is 6.85. The van der Waals surface area contributed by atoms with E-state index < -0.39 is 0 Å². The normalized spacial score (nSPS) is 10.2. The molecule has 0 atom stereocenters. The van der Waals surface area contributed by atoms with E-state index >= 15 is 0 Å². The van der Waals surface area contributed by atoms with Crippen molar-refractivity contribution >= 4 is 29.1 Å². The topological polar surface area (TPSA) is 66.9 Å². The number of amides is 1. The van der Waals surface area contributed by atoms with Crippen molar-refractivity contribution in [1.82, 2.24) is 9.97 Å². The number of nitrogens with one attached hydrogen (secondary N) is 2. The quantitative estimate of drug-likeness (QED) is 0.888. The molecule has 0 aliphatic heterocycles. The van der Waals surface area contributed by atoms with Gasteiger partial charge in [0.15, 0.2) is 0 Å². The van der Waals surface area contributed by atoms with Crippen molar-refractivity contribution in [3.63, 3.8) is 0 Å². The second-order valence-corrected chi connectivity index (χ2v) is 4.98. The lowest BCUT2D eigenvalue weighted by Crippen LogP contribution is -2.14. The van der Waals surface area contributed by atoms with Gasteiger partial charge >= 0.3 is 0 Å². The van der Waals surface area contributed by atoms with E-state index in [9.17, 15) is 4.79 Å². The van der Waals surface area contributed by atoms with Gasteiger partial charge in [-0.1, -0.05) is 24.9 Å². The number of halogens is 1. The molecule has 2 aromatic rings. The van der Waals surface area contributed by atoms with Crippen molar-refractivity contribution in [3.8, 4) is 0 Å². The Labute approximate surface area is 128 Å². The fourth-order valence-corrected chi connectivity index (χ4v) is 1.98. The second-order valence-electron chi connectivity index (χ2n) is 4.55. The molecule has 0 saturated carbocycles.